The van der Waals surface area contributed by atoms with Gasteiger partial charge in [-0.05, 0) is 48.4 Å². The highest BCUT2D eigenvalue weighted by Gasteiger charge is 2.39. The van der Waals surface area contributed by atoms with Gasteiger partial charge in [-0.2, -0.15) is 0 Å². The van der Waals surface area contributed by atoms with Gasteiger partial charge in [-0.3, -0.25) is 4.79 Å². The van der Waals surface area contributed by atoms with Crippen molar-refractivity contribution in [1.82, 2.24) is 0 Å². The zero-order valence-electron chi connectivity index (χ0n) is 15.2. The second-order valence-electron chi connectivity index (χ2n) is 8.54. The molecule has 3 heteroatoms. The van der Waals surface area contributed by atoms with Crippen molar-refractivity contribution in [2.75, 3.05) is 6.61 Å². The molecule has 0 aromatic carbocycles. The Balaban J connectivity index is 2.76. The van der Waals surface area contributed by atoms with E-state index in [1.807, 2.05) is 6.92 Å². The third-order valence-corrected chi connectivity index (χ3v) is 9.97. The predicted molar refractivity (Wildman–Crippen MR) is 92.9 cm³/mol. The molecular weight excluding hydrogens is 276 g/mol. The zero-order valence-corrected chi connectivity index (χ0v) is 16.2. The van der Waals surface area contributed by atoms with Crippen molar-refractivity contribution >= 4 is 14.1 Å². The molecule has 0 unspecified atom stereocenters. The average Bonchev–Trinajstić information content (AvgIpc) is 2.31. The molecule has 2 nitrogen and oxygen atoms in total. The number of hydrogen-bond acceptors (Lipinski definition) is 2. The number of rotatable bonds is 5. The Labute approximate surface area is 132 Å². The molecule has 122 valence electrons. The van der Waals surface area contributed by atoms with Crippen molar-refractivity contribution in [3.05, 3.63) is 12.2 Å². The minimum Gasteiger partial charge on any atom is -0.417 e. The lowest BCUT2D eigenvalue weighted by Gasteiger charge is -2.39. The summed E-state index contributed by atoms with van der Waals surface area (Å²) >= 11 is 0. The first-order chi connectivity index (χ1) is 9.45. The first kappa shape index (κ1) is 18.6. The van der Waals surface area contributed by atoms with Crippen molar-refractivity contribution in [1.29, 1.82) is 0 Å². The average molecular weight is 311 g/mol. The highest BCUT2D eigenvalue weighted by molar-refractivity contribution is 6.74. The van der Waals surface area contributed by atoms with Gasteiger partial charge in [0, 0.05) is 12.5 Å². The molecule has 0 spiro atoms. The molecule has 0 aliphatic heterocycles. The summed E-state index contributed by atoms with van der Waals surface area (Å²) in [4.78, 5) is 11.7. The molecule has 0 saturated heterocycles. The van der Waals surface area contributed by atoms with Gasteiger partial charge in [0.2, 0.25) is 0 Å². The van der Waals surface area contributed by atoms with Crippen molar-refractivity contribution in [3.8, 4) is 0 Å². The molecule has 0 amide bonds. The van der Waals surface area contributed by atoms with E-state index in [1.165, 1.54) is 0 Å². The molecule has 1 aliphatic carbocycles. The smallest absolute Gasteiger partial charge is 0.191 e. The van der Waals surface area contributed by atoms with E-state index in [0.29, 0.717) is 17.8 Å². The molecular formula is C18H34O2Si. The van der Waals surface area contributed by atoms with E-state index in [1.54, 1.807) is 6.08 Å². The Hall–Kier alpha value is -0.413. The monoisotopic (exact) mass is 310 g/mol. The number of hydrogen-bond donors (Lipinski definition) is 0. The van der Waals surface area contributed by atoms with Crippen molar-refractivity contribution in [2.45, 2.75) is 66.1 Å². The highest BCUT2D eigenvalue weighted by Crippen LogP contribution is 2.38. The predicted octanol–water partition coefficient (Wildman–Crippen LogP) is 5.06. The van der Waals surface area contributed by atoms with Gasteiger partial charge in [0.25, 0.3) is 0 Å². The van der Waals surface area contributed by atoms with Crippen LogP contribution in [0.25, 0.3) is 0 Å². The van der Waals surface area contributed by atoms with Gasteiger partial charge in [0.1, 0.15) is 0 Å². The van der Waals surface area contributed by atoms with Gasteiger partial charge in [-0.1, -0.05) is 47.6 Å². The largest absolute Gasteiger partial charge is 0.417 e. The lowest BCUT2D eigenvalue weighted by molar-refractivity contribution is -0.118. The Kier molecular flexibility index (Phi) is 6.02. The maximum absolute atomic E-state index is 11.7. The fourth-order valence-corrected chi connectivity index (χ4v) is 3.68. The molecule has 1 rings (SSSR count). The van der Waals surface area contributed by atoms with E-state index >= 15 is 0 Å². The molecule has 0 bridgehead atoms. The fraction of sp³-hybridized carbons (Fsp3) is 0.833. The van der Waals surface area contributed by atoms with Crippen LogP contribution >= 0.6 is 0 Å². The Morgan fingerprint density at radius 1 is 1.33 bits per heavy atom. The van der Waals surface area contributed by atoms with Crippen LogP contribution in [0.5, 0.6) is 0 Å². The van der Waals surface area contributed by atoms with E-state index < -0.39 is 8.32 Å². The molecule has 0 N–H and O–H groups in total. The Morgan fingerprint density at radius 2 is 1.90 bits per heavy atom. The quantitative estimate of drug-likeness (QED) is 0.663. The van der Waals surface area contributed by atoms with Crippen LogP contribution in [0.4, 0.5) is 0 Å². The summed E-state index contributed by atoms with van der Waals surface area (Å²) in [5.41, 5.74) is 0. The van der Waals surface area contributed by atoms with Crippen LogP contribution in [0, 0.1) is 23.7 Å². The van der Waals surface area contributed by atoms with Crippen LogP contribution in [0.1, 0.15) is 48.0 Å². The van der Waals surface area contributed by atoms with Gasteiger partial charge in [0.15, 0.2) is 14.1 Å². The summed E-state index contributed by atoms with van der Waals surface area (Å²) in [6, 6.07) is 0. The van der Waals surface area contributed by atoms with E-state index in [9.17, 15) is 4.79 Å². The molecule has 0 fully saturated rings. The minimum atomic E-state index is -1.70. The third-order valence-electron chi connectivity index (χ3n) is 5.47. The van der Waals surface area contributed by atoms with Crippen molar-refractivity contribution in [2.24, 2.45) is 23.7 Å². The molecule has 21 heavy (non-hydrogen) atoms. The summed E-state index contributed by atoms with van der Waals surface area (Å²) < 4.78 is 6.45. The van der Waals surface area contributed by atoms with E-state index in [4.69, 9.17) is 4.43 Å². The Morgan fingerprint density at radius 3 is 2.33 bits per heavy atom. The number of carbonyl (C=O) groups excluding carboxylic acids is 1. The second kappa shape index (κ2) is 6.78. The standard InChI is InChI=1S/C18H34O2Si/c1-13(2)16(12-20-21(7,8)18(4,5)6)15-9-10-17(19)14(3)11-15/h9-10,13-16H,11-12H2,1-8H3/t14-,15-,16-/m1/s1. The van der Waals surface area contributed by atoms with Crippen LogP contribution in [0.2, 0.25) is 18.1 Å². The lowest BCUT2D eigenvalue weighted by Crippen LogP contribution is -2.43. The SMILES string of the molecule is CC(C)[C@@H](CO[Si](C)(C)C(C)(C)C)[C@@H]1C=CC(=O)[C@H](C)C1. The van der Waals surface area contributed by atoms with Crippen LogP contribution in [0.15, 0.2) is 12.2 Å². The zero-order chi connectivity index (χ0) is 16.4. The molecule has 0 aromatic rings. The molecule has 0 aromatic heterocycles. The molecule has 0 radical (unpaired) electrons. The number of allylic oxidation sites excluding steroid dienone is 2. The van der Waals surface area contributed by atoms with E-state index in [-0.39, 0.29) is 16.7 Å². The molecule has 0 heterocycles. The van der Waals surface area contributed by atoms with Gasteiger partial charge in [-0.25, -0.2) is 0 Å². The van der Waals surface area contributed by atoms with Gasteiger partial charge in [0.05, 0.1) is 0 Å². The summed E-state index contributed by atoms with van der Waals surface area (Å²) in [6.07, 6.45) is 4.89. The van der Waals surface area contributed by atoms with Crippen molar-refractivity contribution < 1.29 is 9.22 Å². The van der Waals surface area contributed by atoms with Gasteiger partial charge < -0.3 is 4.43 Å². The summed E-state index contributed by atoms with van der Waals surface area (Å²) in [5, 5.41) is 0.250. The first-order valence-electron chi connectivity index (χ1n) is 8.31. The summed E-state index contributed by atoms with van der Waals surface area (Å²) in [6.45, 7) is 18.9. The van der Waals surface area contributed by atoms with E-state index in [0.717, 1.165) is 13.0 Å². The maximum atomic E-state index is 11.7. The number of ketones is 1. The molecule has 1 aliphatic rings. The van der Waals surface area contributed by atoms with E-state index in [2.05, 4.69) is 53.8 Å². The van der Waals surface area contributed by atoms with Crippen LogP contribution in [-0.2, 0) is 9.22 Å². The lowest BCUT2D eigenvalue weighted by atomic mass is 9.75. The summed E-state index contributed by atoms with van der Waals surface area (Å²) in [7, 11) is -1.70. The van der Waals surface area contributed by atoms with Crippen LogP contribution < -0.4 is 0 Å². The Bertz CT molecular complexity index is 391. The topological polar surface area (TPSA) is 26.3 Å². The number of carbonyl (C=O) groups is 1. The molecule has 3 atom stereocenters. The fourth-order valence-electron chi connectivity index (χ4n) is 2.63. The van der Waals surface area contributed by atoms with Gasteiger partial charge in [-0.15, -0.1) is 0 Å². The summed E-state index contributed by atoms with van der Waals surface area (Å²) in [5.74, 6) is 1.99. The third kappa shape index (κ3) is 4.78. The first-order valence-corrected chi connectivity index (χ1v) is 11.2. The normalized spacial score (nSPS) is 25.5. The highest BCUT2D eigenvalue weighted by atomic mass is 28.4. The van der Waals surface area contributed by atoms with Crippen LogP contribution in [-0.4, -0.2) is 20.7 Å². The molecule has 0 saturated carbocycles. The minimum absolute atomic E-state index is 0.161. The maximum Gasteiger partial charge on any atom is 0.191 e. The van der Waals surface area contributed by atoms with Crippen molar-refractivity contribution in [3.63, 3.8) is 0 Å². The second-order valence-corrected chi connectivity index (χ2v) is 13.4. The van der Waals surface area contributed by atoms with Gasteiger partial charge >= 0.3 is 0 Å². The van der Waals surface area contributed by atoms with Crippen LogP contribution in [0.3, 0.4) is 0 Å².